The number of benzene rings is 1. The average molecular weight is 208 g/mol. The van der Waals surface area contributed by atoms with Gasteiger partial charge in [0, 0.05) is 12.5 Å². The van der Waals surface area contributed by atoms with Gasteiger partial charge in [-0.05, 0) is 37.0 Å². The van der Waals surface area contributed by atoms with Gasteiger partial charge in [0.2, 0.25) is 0 Å². The van der Waals surface area contributed by atoms with Crippen molar-refractivity contribution in [3.8, 4) is 5.75 Å². The summed E-state index contributed by atoms with van der Waals surface area (Å²) in [5, 5.41) is 9.26. The zero-order valence-corrected chi connectivity index (χ0v) is 10.0. The van der Waals surface area contributed by atoms with Gasteiger partial charge in [-0.25, -0.2) is 0 Å². The molecule has 0 heterocycles. The largest absolute Gasteiger partial charge is 0.496 e. The second-order valence-corrected chi connectivity index (χ2v) is 3.98. The Morgan fingerprint density at radius 3 is 2.13 bits per heavy atom. The number of aliphatic hydroxyl groups excluding tert-OH is 1. The Bertz CT molecular complexity index is 304. The fourth-order valence-corrected chi connectivity index (χ4v) is 2.01. The van der Waals surface area contributed by atoms with Crippen LogP contribution in [0.2, 0.25) is 0 Å². The number of hydrogen-bond donors (Lipinski definition) is 1. The third-order valence-corrected chi connectivity index (χ3v) is 2.87. The van der Waals surface area contributed by atoms with Crippen molar-refractivity contribution in [2.24, 2.45) is 0 Å². The van der Waals surface area contributed by atoms with E-state index in [0.717, 1.165) is 23.3 Å². The molecule has 0 aliphatic carbocycles. The molecule has 1 N–H and O–H groups in total. The lowest BCUT2D eigenvalue weighted by molar-refractivity contribution is 0.262. The maximum atomic E-state index is 9.26. The Morgan fingerprint density at radius 2 is 1.80 bits per heavy atom. The van der Waals surface area contributed by atoms with Crippen LogP contribution >= 0.6 is 0 Å². The summed E-state index contributed by atoms with van der Waals surface area (Å²) < 4.78 is 5.32. The Kier molecular flexibility index (Phi) is 4.15. The molecule has 0 spiro atoms. The molecule has 0 radical (unpaired) electrons. The normalized spacial score (nSPS) is 12.6. The van der Waals surface area contributed by atoms with Gasteiger partial charge in [-0.2, -0.15) is 0 Å². The third-order valence-electron chi connectivity index (χ3n) is 2.87. The van der Waals surface area contributed by atoms with Crippen molar-refractivity contribution < 1.29 is 9.84 Å². The number of ether oxygens (including phenoxy) is 1. The van der Waals surface area contributed by atoms with Crippen LogP contribution in [0.4, 0.5) is 0 Å². The Labute approximate surface area is 91.9 Å². The highest BCUT2D eigenvalue weighted by molar-refractivity contribution is 5.44. The molecule has 2 nitrogen and oxygen atoms in total. The van der Waals surface area contributed by atoms with Crippen LogP contribution in [0.3, 0.4) is 0 Å². The molecule has 1 aromatic rings. The number of aliphatic hydroxyl groups is 1. The minimum Gasteiger partial charge on any atom is -0.496 e. The van der Waals surface area contributed by atoms with E-state index in [1.807, 2.05) is 13.8 Å². The van der Waals surface area contributed by atoms with Gasteiger partial charge < -0.3 is 9.84 Å². The summed E-state index contributed by atoms with van der Waals surface area (Å²) in [6.07, 6.45) is 0.960. The quantitative estimate of drug-likeness (QED) is 0.824. The topological polar surface area (TPSA) is 29.5 Å². The number of rotatable bonds is 4. The number of hydrogen-bond acceptors (Lipinski definition) is 2. The minimum absolute atomic E-state index is 0.210. The molecule has 1 unspecified atom stereocenters. The predicted octanol–water partition coefficient (Wildman–Crippen LogP) is 2.80. The van der Waals surface area contributed by atoms with Crippen LogP contribution in [0.5, 0.6) is 5.75 Å². The number of aryl methyl sites for hydroxylation is 2. The van der Waals surface area contributed by atoms with Crippen LogP contribution in [-0.2, 0) is 0 Å². The molecular formula is C13H20O2. The lowest BCUT2D eigenvalue weighted by Gasteiger charge is -2.16. The zero-order chi connectivity index (χ0) is 11.4. The van der Waals surface area contributed by atoms with Gasteiger partial charge in [-0.15, -0.1) is 0 Å². The summed E-state index contributed by atoms with van der Waals surface area (Å²) in [7, 11) is 1.69. The summed E-state index contributed by atoms with van der Waals surface area (Å²) in [5.41, 5.74) is 3.48. The summed E-state index contributed by atoms with van der Waals surface area (Å²) in [6, 6.07) is 4.21. The molecule has 0 fully saturated rings. The molecular weight excluding hydrogens is 188 g/mol. The first kappa shape index (κ1) is 12.1. The second-order valence-electron chi connectivity index (χ2n) is 3.98. The fraction of sp³-hybridized carbons (Fsp3) is 0.538. The lowest BCUT2D eigenvalue weighted by Crippen LogP contribution is -2.04. The number of methoxy groups -OCH3 is 1. The molecule has 0 aromatic heterocycles. The second kappa shape index (κ2) is 5.17. The molecule has 0 aliphatic rings. The maximum Gasteiger partial charge on any atom is 0.124 e. The van der Waals surface area contributed by atoms with Crippen molar-refractivity contribution in [3.05, 3.63) is 28.8 Å². The van der Waals surface area contributed by atoms with Crippen LogP contribution in [-0.4, -0.2) is 18.8 Å². The molecule has 2 heteroatoms. The van der Waals surface area contributed by atoms with E-state index in [4.69, 9.17) is 4.74 Å². The first-order chi connectivity index (χ1) is 7.13. The van der Waals surface area contributed by atoms with E-state index >= 15 is 0 Å². The SMILES string of the molecule is CCC(CO)c1cc(C)c(OC)c(C)c1. The average Bonchev–Trinajstić information content (AvgIpc) is 2.19. The van der Waals surface area contributed by atoms with Gasteiger partial charge >= 0.3 is 0 Å². The van der Waals surface area contributed by atoms with Crippen molar-refractivity contribution in [1.82, 2.24) is 0 Å². The van der Waals surface area contributed by atoms with E-state index in [0.29, 0.717) is 0 Å². The monoisotopic (exact) mass is 208 g/mol. The standard InChI is InChI=1S/C13H20O2/c1-5-11(8-14)12-6-9(2)13(15-4)10(3)7-12/h6-7,11,14H,5,8H2,1-4H3. The van der Waals surface area contributed by atoms with E-state index < -0.39 is 0 Å². The van der Waals surface area contributed by atoms with Crippen LogP contribution in [0.15, 0.2) is 12.1 Å². The minimum atomic E-state index is 0.210. The highest BCUT2D eigenvalue weighted by Gasteiger charge is 2.11. The van der Waals surface area contributed by atoms with Crippen LogP contribution < -0.4 is 4.74 Å². The molecule has 1 atom stereocenters. The Balaban J connectivity index is 3.12. The van der Waals surface area contributed by atoms with Crippen molar-refractivity contribution in [2.75, 3.05) is 13.7 Å². The molecule has 15 heavy (non-hydrogen) atoms. The van der Waals surface area contributed by atoms with Crippen LogP contribution in [0.25, 0.3) is 0 Å². The van der Waals surface area contributed by atoms with Crippen molar-refractivity contribution in [3.63, 3.8) is 0 Å². The third kappa shape index (κ3) is 2.51. The first-order valence-electron chi connectivity index (χ1n) is 5.40. The van der Waals surface area contributed by atoms with E-state index in [1.54, 1.807) is 7.11 Å². The van der Waals surface area contributed by atoms with Crippen molar-refractivity contribution in [1.29, 1.82) is 0 Å². The molecule has 1 rings (SSSR count). The van der Waals surface area contributed by atoms with Gasteiger partial charge in [-0.3, -0.25) is 0 Å². The van der Waals surface area contributed by atoms with Crippen LogP contribution in [0.1, 0.15) is 36.0 Å². The van der Waals surface area contributed by atoms with Crippen LogP contribution in [0, 0.1) is 13.8 Å². The Morgan fingerprint density at radius 1 is 1.27 bits per heavy atom. The molecule has 0 saturated carbocycles. The molecule has 0 amide bonds. The summed E-state index contributed by atoms with van der Waals surface area (Å²) >= 11 is 0. The van der Waals surface area contributed by atoms with Crippen molar-refractivity contribution >= 4 is 0 Å². The molecule has 0 bridgehead atoms. The highest BCUT2D eigenvalue weighted by atomic mass is 16.5. The summed E-state index contributed by atoms with van der Waals surface area (Å²) in [5.74, 6) is 1.19. The van der Waals surface area contributed by atoms with E-state index in [2.05, 4.69) is 19.1 Å². The lowest BCUT2D eigenvalue weighted by atomic mass is 9.93. The van der Waals surface area contributed by atoms with Gasteiger partial charge in [0.1, 0.15) is 5.75 Å². The summed E-state index contributed by atoms with van der Waals surface area (Å²) in [4.78, 5) is 0. The van der Waals surface area contributed by atoms with Crippen molar-refractivity contribution in [2.45, 2.75) is 33.1 Å². The van der Waals surface area contributed by atoms with E-state index in [9.17, 15) is 5.11 Å². The zero-order valence-electron chi connectivity index (χ0n) is 10.0. The van der Waals surface area contributed by atoms with Gasteiger partial charge in [-0.1, -0.05) is 19.1 Å². The smallest absolute Gasteiger partial charge is 0.124 e. The molecule has 0 aliphatic heterocycles. The van der Waals surface area contributed by atoms with Gasteiger partial charge in [0.25, 0.3) is 0 Å². The molecule has 1 aromatic carbocycles. The van der Waals surface area contributed by atoms with Gasteiger partial charge in [0.05, 0.1) is 7.11 Å². The molecule has 84 valence electrons. The van der Waals surface area contributed by atoms with E-state index in [-0.39, 0.29) is 12.5 Å². The predicted molar refractivity (Wildman–Crippen MR) is 62.6 cm³/mol. The highest BCUT2D eigenvalue weighted by Crippen LogP contribution is 2.28. The molecule has 0 saturated heterocycles. The van der Waals surface area contributed by atoms with Gasteiger partial charge in [0.15, 0.2) is 0 Å². The Hall–Kier alpha value is -1.02. The first-order valence-corrected chi connectivity index (χ1v) is 5.40. The van der Waals surface area contributed by atoms with E-state index in [1.165, 1.54) is 5.56 Å². The maximum absolute atomic E-state index is 9.26. The summed E-state index contributed by atoms with van der Waals surface area (Å²) in [6.45, 7) is 6.39. The fourth-order valence-electron chi connectivity index (χ4n) is 2.01.